The fourth-order valence-corrected chi connectivity index (χ4v) is 6.70. The van der Waals surface area contributed by atoms with Gasteiger partial charge in [0.05, 0.1) is 35.6 Å². The molecule has 0 fully saturated rings. The minimum atomic E-state index is -0.909. The molecule has 1 atom stereocenters. The van der Waals surface area contributed by atoms with E-state index in [9.17, 15) is 14.0 Å². The van der Waals surface area contributed by atoms with Gasteiger partial charge < -0.3 is 14.2 Å². The van der Waals surface area contributed by atoms with Gasteiger partial charge in [0.2, 0.25) is 0 Å². The number of nitrogens with zero attached hydrogens (tertiary/aromatic N) is 2. The van der Waals surface area contributed by atoms with Crippen molar-refractivity contribution >= 4 is 52.3 Å². The zero-order valence-electron chi connectivity index (χ0n) is 25.2. The Balaban J connectivity index is 1.45. The van der Waals surface area contributed by atoms with Gasteiger partial charge >= 0.3 is 5.97 Å². The minimum absolute atomic E-state index is 0.124. The van der Waals surface area contributed by atoms with Gasteiger partial charge in [-0.3, -0.25) is 9.36 Å². The summed E-state index contributed by atoms with van der Waals surface area (Å²) in [6, 6.07) is 24.5. The molecule has 0 spiro atoms. The van der Waals surface area contributed by atoms with E-state index < -0.39 is 17.8 Å². The highest BCUT2D eigenvalue weighted by Gasteiger charge is 2.35. The number of ether oxygens (including phenoxy) is 3. The molecule has 1 aromatic heterocycles. The van der Waals surface area contributed by atoms with Crippen LogP contribution in [0.4, 0.5) is 4.39 Å². The Hall–Kier alpha value is -4.70. The van der Waals surface area contributed by atoms with Crippen molar-refractivity contribution in [3.05, 3.63) is 154 Å². The summed E-state index contributed by atoms with van der Waals surface area (Å²) in [6.07, 6.45) is 1.73. The van der Waals surface area contributed by atoms with Crippen LogP contribution in [0.1, 0.15) is 35.2 Å². The van der Waals surface area contributed by atoms with E-state index in [1.165, 1.54) is 35.1 Å². The van der Waals surface area contributed by atoms with E-state index in [2.05, 4.69) is 0 Å². The Bertz CT molecular complexity index is 2180. The summed E-state index contributed by atoms with van der Waals surface area (Å²) >= 11 is 13.5. The summed E-state index contributed by atoms with van der Waals surface area (Å²) in [5.74, 6) is -0.112. The molecule has 0 bridgehead atoms. The molecule has 47 heavy (non-hydrogen) atoms. The number of aromatic nitrogens is 1. The average Bonchev–Trinajstić information content (AvgIpc) is 3.38. The van der Waals surface area contributed by atoms with E-state index in [1.807, 2.05) is 30.3 Å². The maximum atomic E-state index is 14.1. The maximum absolute atomic E-state index is 14.1. The second-order valence-corrected chi connectivity index (χ2v) is 12.3. The van der Waals surface area contributed by atoms with Gasteiger partial charge in [0.1, 0.15) is 12.4 Å². The van der Waals surface area contributed by atoms with Crippen molar-refractivity contribution in [3.8, 4) is 11.5 Å². The van der Waals surface area contributed by atoms with E-state index in [4.69, 9.17) is 42.4 Å². The molecular formula is C36H27Cl2FN2O5S. The number of hydrogen-bond donors (Lipinski definition) is 0. The first-order valence-corrected chi connectivity index (χ1v) is 16.1. The molecule has 0 saturated carbocycles. The maximum Gasteiger partial charge on any atom is 0.338 e. The van der Waals surface area contributed by atoms with Crippen LogP contribution in [-0.2, 0) is 16.1 Å². The van der Waals surface area contributed by atoms with Crippen LogP contribution in [0.5, 0.6) is 11.5 Å². The van der Waals surface area contributed by atoms with E-state index in [-0.39, 0.29) is 24.3 Å². The van der Waals surface area contributed by atoms with Gasteiger partial charge in [-0.1, -0.05) is 89.1 Å². The number of esters is 1. The normalized spacial score (nSPS) is 14.4. The standard InChI is InChI=1S/C36H27Cl2FN2O5S/c1-3-45-35(43)31-32(22-7-5-4-6-8-22)40-36-41(33(31)23-11-14-26(39)15-12-23)34(42)30(47-36)18-21-9-16-28(29(17-21)44-2)46-20-24-10-13-25(37)19-27(24)38/h4-19,33H,3,20H2,1-2H3/b30-18-/t33-/m1/s1. The molecule has 7 nitrogen and oxygen atoms in total. The fourth-order valence-electron chi connectivity index (χ4n) is 5.24. The van der Waals surface area contributed by atoms with Crippen LogP contribution in [0.25, 0.3) is 11.8 Å². The molecular weight excluding hydrogens is 662 g/mol. The molecule has 1 aliphatic heterocycles. The second-order valence-electron chi connectivity index (χ2n) is 10.4. The van der Waals surface area contributed by atoms with Crippen molar-refractivity contribution in [1.82, 2.24) is 4.57 Å². The van der Waals surface area contributed by atoms with Crippen LogP contribution in [-0.4, -0.2) is 24.3 Å². The summed E-state index contributed by atoms with van der Waals surface area (Å²) in [7, 11) is 1.53. The number of carbonyl (C=O) groups is 1. The average molecular weight is 690 g/mol. The number of fused-ring (bicyclic) bond motifs is 1. The molecule has 11 heteroatoms. The molecule has 1 aliphatic rings. The lowest BCUT2D eigenvalue weighted by Crippen LogP contribution is -2.40. The Morgan fingerprint density at radius 1 is 1.00 bits per heavy atom. The molecule has 0 saturated heterocycles. The summed E-state index contributed by atoms with van der Waals surface area (Å²) in [5.41, 5.74) is 2.86. The predicted molar refractivity (Wildman–Crippen MR) is 181 cm³/mol. The highest BCUT2D eigenvalue weighted by molar-refractivity contribution is 7.07. The van der Waals surface area contributed by atoms with Gasteiger partial charge in [-0.2, -0.15) is 0 Å². The molecule has 0 N–H and O–H groups in total. The monoisotopic (exact) mass is 688 g/mol. The number of hydrogen-bond acceptors (Lipinski definition) is 7. The summed E-state index contributed by atoms with van der Waals surface area (Å²) in [4.78, 5) is 32.9. The van der Waals surface area contributed by atoms with Crippen LogP contribution in [0.15, 0.2) is 106 Å². The lowest BCUT2D eigenvalue weighted by Gasteiger charge is -2.25. The quantitative estimate of drug-likeness (QED) is 0.156. The van der Waals surface area contributed by atoms with E-state index in [1.54, 1.807) is 61.5 Å². The van der Waals surface area contributed by atoms with Gasteiger partial charge in [0.15, 0.2) is 16.3 Å². The SMILES string of the molecule is CCOC(=O)C1=C(c2ccccc2)N=c2s/c(=C\c3ccc(OCc4ccc(Cl)cc4Cl)c(OC)c3)c(=O)n2[C@@H]1c1ccc(F)cc1. The van der Waals surface area contributed by atoms with Crippen LogP contribution in [0.3, 0.4) is 0 Å². The third-order valence-corrected chi connectivity index (χ3v) is 9.01. The molecule has 238 valence electrons. The van der Waals surface area contributed by atoms with E-state index in [0.717, 1.165) is 5.56 Å². The number of rotatable bonds is 9. The van der Waals surface area contributed by atoms with Crippen molar-refractivity contribution < 1.29 is 23.4 Å². The van der Waals surface area contributed by atoms with Crippen molar-refractivity contribution in [2.75, 3.05) is 13.7 Å². The first-order chi connectivity index (χ1) is 22.8. The Labute approximate surface area is 283 Å². The fraction of sp³-hybridized carbons (Fsp3) is 0.139. The zero-order valence-corrected chi connectivity index (χ0v) is 27.5. The predicted octanol–water partition coefficient (Wildman–Crippen LogP) is 6.97. The number of halogens is 3. The minimum Gasteiger partial charge on any atom is -0.493 e. The lowest BCUT2D eigenvalue weighted by molar-refractivity contribution is -0.138. The molecule has 2 heterocycles. The van der Waals surface area contributed by atoms with Crippen molar-refractivity contribution in [3.63, 3.8) is 0 Å². The summed E-state index contributed by atoms with van der Waals surface area (Å²) in [5, 5.41) is 1.02. The zero-order chi connectivity index (χ0) is 33.1. The second kappa shape index (κ2) is 14.0. The lowest BCUT2D eigenvalue weighted by atomic mass is 9.93. The molecule has 6 rings (SSSR count). The third kappa shape index (κ3) is 6.74. The largest absolute Gasteiger partial charge is 0.493 e. The first-order valence-electron chi connectivity index (χ1n) is 14.6. The van der Waals surface area contributed by atoms with E-state index >= 15 is 0 Å². The number of thiazole rings is 1. The van der Waals surface area contributed by atoms with Gasteiger partial charge in [0.25, 0.3) is 5.56 Å². The first kappa shape index (κ1) is 32.2. The molecule has 4 aromatic carbocycles. The van der Waals surface area contributed by atoms with Gasteiger partial charge in [0, 0.05) is 21.2 Å². The van der Waals surface area contributed by atoms with Gasteiger partial charge in [-0.15, -0.1) is 0 Å². The van der Waals surface area contributed by atoms with Crippen molar-refractivity contribution in [1.29, 1.82) is 0 Å². The number of benzene rings is 4. The molecule has 0 radical (unpaired) electrons. The van der Waals surface area contributed by atoms with Gasteiger partial charge in [-0.25, -0.2) is 14.2 Å². The van der Waals surface area contributed by atoms with E-state index in [0.29, 0.717) is 53.3 Å². The highest BCUT2D eigenvalue weighted by atomic mass is 35.5. The number of methoxy groups -OCH3 is 1. The topological polar surface area (TPSA) is 79.1 Å². The Kier molecular flexibility index (Phi) is 9.58. The third-order valence-electron chi connectivity index (χ3n) is 7.44. The smallest absolute Gasteiger partial charge is 0.338 e. The molecule has 0 amide bonds. The molecule has 0 unspecified atom stereocenters. The van der Waals surface area contributed by atoms with Crippen molar-refractivity contribution in [2.45, 2.75) is 19.6 Å². The van der Waals surface area contributed by atoms with Crippen LogP contribution in [0, 0.1) is 5.82 Å². The summed E-state index contributed by atoms with van der Waals surface area (Å²) in [6.45, 7) is 2.03. The van der Waals surface area contributed by atoms with Crippen LogP contribution >= 0.6 is 34.5 Å². The molecule has 0 aliphatic carbocycles. The molecule has 5 aromatic rings. The summed E-state index contributed by atoms with van der Waals surface area (Å²) < 4.78 is 32.9. The highest BCUT2D eigenvalue weighted by Crippen LogP contribution is 2.35. The van der Waals surface area contributed by atoms with Crippen LogP contribution in [0.2, 0.25) is 10.0 Å². The van der Waals surface area contributed by atoms with Crippen LogP contribution < -0.4 is 24.4 Å². The Morgan fingerprint density at radius 2 is 1.77 bits per heavy atom. The Morgan fingerprint density at radius 3 is 2.47 bits per heavy atom. The number of carbonyl (C=O) groups excluding carboxylic acids is 1. The van der Waals surface area contributed by atoms with Crippen molar-refractivity contribution in [2.24, 2.45) is 4.99 Å². The van der Waals surface area contributed by atoms with Gasteiger partial charge in [-0.05, 0) is 60.5 Å².